The summed E-state index contributed by atoms with van der Waals surface area (Å²) in [4.78, 5) is 12.6. The second kappa shape index (κ2) is 27.0. The Hall–Kier alpha value is -0.610. The van der Waals surface area contributed by atoms with Gasteiger partial charge < -0.3 is 14.9 Å². The SMILES string of the molecule is CCCCCCCCCCCCCC(CCCCCCCCCCCC)C(=O)OCC(O)CO. The van der Waals surface area contributed by atoms with Crippen LogP contribution in [-0.2, 0) is 9.53 Å². The van der Waals surface area contributed by atoms with Crippen LogP contribution in [0.2, 0.25) is 0 Å². The highest BCUT2D eigenvalue weighted by Crippen LogP contribution is 2.21. The number of unbranched alkanes of at least 4 members (excludes halogenated alkanes) is 19. The van der Waals surface area contributed by atoms with Crippen molar-refractivity contribution in [2.24, 2.45) is 5.92 Å². The Morgan fingerprint density at radius 3 is 1.24 bits per heavy atom. The van der Waals surface area contributed by atoms with E-state index in [1.54, 1.807) is 0 Å². The van der Waals surface area contributed by atoms with Gasteiger partial charge in [-0.25, -0.2) is 0 Å². The van der Waals surface area contributed by atoms with E-state index in [1.165, 1.54) is 122 Å². The average molecular weight is 485 g/mol. The van der Waals surface area contributed by atoms with Gasteiger partial charge in [-0.2, -0.15) is 0 Å². The summed E-state index contributed by atoms with van der Waals surface area (Å²) in [5.41, 5.74) is 0. The van der Waals surface area contributed by atoms with Crippen LogP contribution in [-0.4, -0.2) is 35.5 Å². The average Bonchev–Trinajstić information content (AvgIpc) is 2.85. The van der Waals surface area contributed by atoms with E-state index in [1.807, 2.05) is 0 Å². The standard InChI is InChI=1S/C30H60O4/c1-3-5-7-9-11-13-15-17-19-21-23-25-28(30(33)34-27-29(32)26-31)24-22-20-18-16-14-12-10-8-6-4-2/h28-29,31-32H,3-27H2,1-2H3. The molecular formula is C30H60O4. The zero-order valence-corrected chi connectivity index (χ0v) is 23.0. The van der Waals surface area contributed by atoms with Gasteiger partial charge in [0.25, 0.3) is 0 Å². The van der Waals surface area contributed by atoms with E-state index in [4.69, 9.17) is 9.84 Å². The molecule has 2 unspecified atom stereocenters. The molecule has 0 heterocycles. The van der Waals surface area contributed by atoms with Crippen LogP contribution in [0.4, 0.5) is 0 Å². The Bertz CT molecular complexity index is 413. The van der Waals surface area contributed by atoms with Crippen LogP contribution in [0.5, 0.6) is 0 Å². The summed E-state index contributed by atoms with van der Waals surface area (Å²) < 4.78 is 5.30. The Morgan fingerprint density at radius 1 is 0.588 bits per heavy atom. The first-order chi connectivity index (χ1) is 16.7. The summed E-state index contributed by atoms with van der Waals surface area (Å²) in [5, 5.41) is 18.5. The number of aliphatic hydroxyl groups is 2. The zero-order chi connectivity index (χ0) is 25.1. The van der Waals surface area contributed by atoms with Crippen molar-refractivity contribution in [3.8, 4) is 0 Å². The molecule has 0 aliphatic carbocycles. The topological polar surface area (TPSA) is 66.8 Å². The quantitative estimate of drug-likeness (QED) is 0.0905. The van der Waals surface area contributed by atoms with E-state index >= 15 is 0 Å². The fourth-order valence-corrected chi connectivity index (χ4v) is 4.66. The Labute approximate surface area is 212 Å². The second-order valence-corrected chi connectivity index (χ2v) is 10.5. The van der Waals surface area contributed by atoms with Crippen LogP contribution in [0.3, 0.4) is 0 Å². The molecule has 4 nitrogen and oxygen atoms in total. The fourth-order valence-electron chi connectivity index (χ4n) is 4.66. The number of rotatable bonds is 27. The van der Waals surface area contributed by atoms with Crippen LogP contribution in [0.25, 0.3) is 0 Å². The van der Waals surface area contributed by atoms with Crippen LogP contribution in [0.15, 0.2) is 0 Å². The molecule has 0 aromatic rings. The molecule has 4 heteroatoms. The van der Waals surface area contributed by atoms with Gasteiger partial charge in [0.2, 0.25) is 0 Å². The van der Waals surface area contributed by atoms with Crippen molar-refractivity contribution < 1.29 is 19.7 Å². The molecule has 0 aromatic heterocycles. The number of carbonyl (C=O) groups is 1. The summed E-state index contributed by atoms with van der Waals surface area (Å²) in [6, 6.07) is 0. The molecule has 0 rings (SSSR count). The molecule has 34 heavy (non-hydrogen) atoms. The Kier molecular flexibility index (Phi) is 26.5. The summed E-state index contributed by atoms with van der Waals surface area (Å²) in [5.74, 6) is -0.242. The van der Waals surface area contributed by atoms with E-state index in [9.17, 15) is 9.90 Å². The monoisotopic (exact) mass is 484 g/mol. The molecule has 0 aliphatic heterocycles. The highest BCUT2D eigenvalue weighted by molar-refractivity contribution is 5.72. The Morgan fingerprint density at radius 2 is 0.912 bits per heavy atom. The van der Waals surface area contributed by atoms with Crippen molar-refractivity contribution in [1.82, 2.24) is 0 Å². The first kappa shape index (κ1) is 33.4. The van der Waals surface area contributed by atoms with Gasteiger partial charge in [-0.15, -0.1) is 0 Å². The van der Waals surface area contributed by atoms with Crippen LogP contribution < -0.4 is 0 Å². The molecule has 0 saturated heterocycles. The molecule has 0 aromatic carbocycles. The summed E-state index contributed by atoms with van der Waals surface area (Å²) in [7, 11) is 0. The lowest BCUT2D eigenvalue weighted by Crippen LogP contribution is -2.25. The number of ether oxygens (including phenoxy) is 1. The van der Waals surface area contributed by atoms with Gasteiger partial charge in [0.15, 0.2) is 0 Å². The molecular weight excluding hydrogens is 424 g/mol. The maximum atomic E-state index is 12.6. The predicted octanol–water partition coefficient (Wildman–Crippen LogP) is 8.51. The van der Waals surface area contributed by atoms with Crippen molar-refractivity contribution in [3.05, 3.63) is 0 Å². The molecule has 0 amide bonds. The lowest BCUT2D eigenvalue weighted by Gasteiger charge is -2.17. The molecule has 0 fully saturated rings. The zero-order valence-electron chi connectivity index (χ0n) is 23.0. The number of hydrogen-bond donors (Lipinski definition) is 2. The highest BCUT2D eigenvalue weighted by Gasteiger charge is 2.20. The van der Waals surface area contributed by atoms with Gasteiger partial charge in [0.05, 0.1) is 12.5 Å². The van der Waals surface area contributed by atoms with Gasteiger partial charge in [-0.1, -0.05) is 149 Å². The predicted molar refractivity (Wildman–Crippen MR) is 145 cm³/mol. The van der Waals surface area contributed by atoms with E-state index in [0.717, 1.165) is 25.7 Å². The normalized spacial score (nSPS) is 13.2. The second-order valence-electron chi connectivity index (χ2n) is 10.5. The molecule has 0 spiro atoms. The van der Waals surface area contributed by atoms with Crippen LogP contribution in [0, 0.1) is 5.92 Å². The first-order valence-electron chi connectivity index (χ1n) is 15.1. The van der Waals surface area contributed by atoms with E-state index < -0.39 is 6.10 Å². The molecule has 0 aliphatic rings. The van der Waals surface area contributed by atoms with Gasteiger partial charge >= 0.3 is 5.97 Å². The summed E-state index contributed by atoms with van der Waals surface area (Å²) in [6.45, 7) is 4.06. The largest absolute Gasteiger partial charge is 0.463 e. The van der Waals surface area contributed by atoms with Crippen molar-refractivity contribution in [2.45, 2.75) is 168 Å². The van der Waals surface area contributed by atoms with Gasteiger partial charge in [0.1, 0.15) is 12.7 Å². The number of esters is 1. The number of hydrogen-bond acceptors (Lipinski definition) is 4. The van der Waals surface area contributed by atoms with Gasteiger partial charge in [-0.05, 0) is 12.8 Å². The third kappa shape index (κ3) is 23.1. The molecule has 2 N–H and O–H groups in total. The minimum Gasteiger partial charge on any atom is -0.463 e. The summed E-state index contributed by atoms with van der Waals surface area (Å²) in [6.07, 6.45) is 28.2. The smallest absolute Gasteiger partial charge is 0.309 e. The number of carbonyl (C=O) groups excluding carboxylic acids is 1. The van der Waals surface area contributed by atoms with Crippen LogP contribution in [0.1, 0.15) is 162 Å². The maximum absolute atomic E-state index is 12.6. The minimum absolute atomic E-state index is 0.0569. The molecule has 0 radical (unpaired) electrons. The van der Waals surface area contributed by atoms with Gasteiger partial charge in [0, 0.05) is 0 Å². The molecule has 2 atom stereocenters. The molecule has 0 saturated carbocycles. The van der Waals surface area contributed by atoms with Crippen LogP contribution >= 0.6 is 0 Å². The van der Waals surface area contributed by atoms with Crippen molar-refractivity contribution in [1.29, 1.82) is 0 Å². The lowest BCUT2D eigenvalue weighted by molar-refractivity contribution is -0.152. The molecule has 0 bridgehead atoms. The van der Waals surface area contributed by atoms with Crippen molar-refractivity contribution in [3.63, 3.8) is 0 Å². The van der Waals surface area contributed by atoms with E-state index in [-0.39, 0.29) is 25.1 Å². The fraction of sp³-hybridized carbons (Fsp3) is 0.967. The maximum Gasteiger partial charge on any atom is 0.309 e. The van der Waals surface area contributed by atoms with E-state index in [0.29, 0.717) is 0 Å². The van der Waals surface area contributed by atoms with Gasteiger partial charge in [-0.3, -0.25) is 4.79 Å². The lowest BCUT2D eigenvalue weighted by atomic mass is 9.94. The first-order valence-corrected chi connectivity index (χ1v) is 15.1. The van der Waals surface area contributed by atoms with E-state index in [2.05, 4.69) is 13.8 Å². The number of aliphatic hydroxyl groups excluding tert-OH is 2. The minimum atomic E-state index is -0.969. The summed E-state index contributed by atoms with van der Waals surface area (Å²) >= 11 is 0. The highest BCUT2D eigenvalue weighted by atomic mass is 16.5. The third-order valence-corrected chi connectivity index (χ3v) is 7.02. The van der Waals surface area contributed by atoms with Crippen molar-refractivity contribution in [2.75, 3.05) is 13.2 Å². The Balaban J connectivity index is 3.97. The third-order valence-electron chi connectivity index (χ3n) is 7.02. The molecule has 204 valence electrons. The van der Waals surface area contributed by atoms with Crippen molar-refractivity contribution >= 4 is 5.97 Å².